The third-order valence-corrected chi connectivity index (χ3v) is 2.97. The first kappa shape index (κ1) is 10.4. The molecule has 0 N–H and O–H groups in total. The highest BCUT2D eigenvalue weighted by Crippen LogP contribution is 2.26. The maximum Gasteiger partial charge on any atom is 0.316 e. The van der Waals surface area contributed by atoms with Crippen LogP contribution in [0.15, 0.2) is 12.3 Å². The summed E-state index contributed by atoms with van der Waals surface area (Å²) >= 11 is 0. The summed E-state index contributed by atoms with van der Waals surface area (Å²) < 4.78 is 5.03. The van der Waals surface area contributed by atoms with Gasteiger partial charge in [0, 0.05) is 12.1 Å². The Kier molecular flexibility index (Phi) is 3.16. The number of likely N-dealkylation sites (tertiary alicyclic amines) is 1. The predicted octanol–water partition coefficient (Wildman–Crippen LogP) is 1.29. The first-order valence-corrected chi connectivity index (χ1v) is 5.35. The Labute approximate surface area is 90.3 Å². The van der Waals surface area contributed by atoms with Crippen LogP contribution in [0, 0.1) is 0 Å². The van der Waals surface area contributed by atoms with Crippen molar-refractivity contribution in [2.24, 2.45) is 0 Å². The summed E-state index contributed by atoms with van der Waals surface area (Å²) in [6.45, 7) is 2.30. The fourth-order valence-corrected chi connectivity index (χ4v) is 1.98. The Morgan fingerprint density at radius 2 is 2.13 bits per heavy atom. The number of hydrogen-bond acceptors (Lipinski definition) is 4. The average Bonchev–Trinajstić information content (AvgIpc) is 2.30. The number of aromatic nitrogens is 2. The zero-order valence-corrected chi connectivity index (χ0v) is 9.31. The summed E-state index contributed by atoms with van der Waals surface area (Å²) in [5, 5.41) is 0. The second-order valence-corrected chi connectivity index (χ2v) is 4.05. The standard InChI is InChI=1S/C11H17N3O/c1-14-7-4-9(5-8-14)10-3-6-12-11(13-10)15-2/h3,6,9H,4-5,7-8H2,1-2H3. The zero-order valence-electron chi connectivity index (χ0n) is 9.31. The van der Waals surface area contributed by atoms with Crippen LogP contribution >= 0.6 is 0 Å². The van der Waals surface area contributed by atoms with Gasteiger partial charge in [-0.2, -0.15) is 4.98 Å². The second-order valence-electron chi connectivity index (χ2n) is 4.05. The Balaban J connectivity index is 2.08. The Morgan fingerprint density at radius 1 is 1.40 bits per heavy atom. The molecule has 1 saturated heterocycles. The average molecular weight is 207 g/mol. The van der Waals surface area contributed by atoms with Crippen molar-refractivity contribution in [1.82, 2.24) is 14.9 Å². The zero-order chi connectivity index (χ0) is 10.7. The molecule has 2 rings (SSSR count). The van der Waals surface area contributed by atoms with Crippen molar-refractivity contribution < 1.29 is 4.74 Å². The summed E-state index contributed by atoms with van der Waals surface area (Å²) in [4.78, 5) is 10.8. The third-order valence-electron chi connectivity index (χ3n) is 2.97. The lowest BCUT2D eigenvalue weighted by Gasteiger charge is -2.28. The van der Waals surface area contributed by atoms with Crippen molar-refractivity contribution in [3.05, 3.63) is 18.0 Å². The molecule has 15 heavy (non-hydrogen) atoms. The van der Waals surface area contributed by atoms with Crippen molar-refractivity contribution in [1.29, 1.82) is 0 Å². The highest BCUT2D eigenvalue weighted by atomic mass is 16.5. The lowest BCUT2D eigenvalue weighted by molar-refractivity contribution is 0.252. The van der Waals surface area contributed by atoms with Crippen molar-refractivity contribution in [2.75, 3.05) is 27.2 Å². The molecule has 1 aromatic heterocycles. The quantitative estimate of drug-likeness (QED) is 0.732. The molecule has 1 aliphatic heterocycles. The minimum absolute atomic E-state index is 0.478. The summed E-state index contributed by atoms with van der Waals surface area (Å²) in [5.41, 5.74) is 1.12. The van der Waals surface area contributed by atoms with Gasteiger partial charge in [0.05, 0.1) is 12.8 Å². The van der Waals surface area contributed by atoms with Gasteiger partial charge in [0.2, 0.25) is 0 Å². The van der Waals surface area contributed by atoms with Gasteiger partial charge < -0.3 is 9.64 Å². The molecule has 0 amide bonds. The first-order valence-electron chi connectivity index (χ1n) is 5.35. The monoisotopic (exact) mass is 207 g/mol. The van der Waals surface area contributed by atoms with E-state index in [9.17, 15) is 0 Å². The first-order chi connectivity index (χ1) is 7.29. The van der Waals surface area contributed by atoms with Gasteiger partial charge in [-0.15, -0.1) is 0 Å². The largest absolute Gasteiger partial charge is 0.467 e. The molecule has 0 atom stereocenters. The van der Waals surface area contributed by atoms with Crippen molar-refractivity contribution in [3.63, 3.8) is 0 Å². The smallest absolute Gasteiger partial charge is 0.316 e. The fourth-order valence-electron chi connectivity index (χ4n) is 1.98. The highest BCUT2D eigenvalue weighted by Gasteiger charge is 2.19. The molecule has 1 aromatic rings. The van der Waals surface area contributed by atoms with Gasteiger partial charge in [0.1, 0.15) is 0 Å². The van der Waals surface area contributed by atoms with Gasteiger partial charge in [-0.25, -0.2) is 4.98 Å². The SMILES string of the molecule is COc1nccc(C2CCN(C)CC2)n1. The number of piperidine rings is 1. The Bertz CT molecular complexity index is 321. The third kappa shape index (κ3) is 2.45. The van der Waals surface area contributed by atoms with Crippen LogP contribution in [-0.2, 0) is 0 Å². The number of rotatable bonds is 2. The van der Waals surface area contributed by atoms with Gasteiger partial charge in [-0.3, -0.25) is 0 Å². The van der Waals surface area contributed by atoms with Crippen LogP contribution in [0.3, 0.4) is 0 Å². The Morgan fingerprint density at radius 3 is 2.80 bits per heavy atom. The minimum Gasteiger partial charge on any atom is -0.467 e. The number of ether oxygens (including phenoxy) is 1. The van der Waals surface area contributed by atoms with E-state index in [1.165, 1.54) is 12.8 Å². The summed E-state index contributed by atoms with van der Waals surface area (Å²) in [6.07, 6.45) is 4.13. The minimum atomic E-state index is 0.478. The fraction of sp³-hybridized carbons (Fsp3) is 0.636. The van der Waals surface area contributed by atoms with Crippen LogP contribution in [0.25, 0.3) is 0 Å². The summed E-state index contributed by atoms with van der Waals surface area (Å²) in [5.74, 6) is 0.568. The van der Waals surface area contributed by atoms with Crippen LogP contribution in [0.4, 0.5) is 0 Å². The topological polar surface area (TPSA) is 38.2 Å². The number of hydrogen-bond donors (Lipinski definition) is 0. The van der Waals surface area contributed by atoms with E-state index in [0.717, 1.165) is 18.8 Å². The summed E-state index contributed by atoms with van der Waals surface area (Å²) in [7, 11) is 3.77. The van der Waals surface area contributed by atoms with Gasteiger partial charge in [-0.05, 0) is 39.0 Å². The molecule has 1 aliphatic rings. The number of nitrogens with zero attached hydrogens (tertiary/aromatic N) is 3. The van der Waals surface area contributed by atoms with E-state index in [-0.39, 0.29) is 0 Å². The summed E-state index contributed by atoms with van der Waals surface area (Å²) in [6, 6.07) is 2.48. The second kappa shape index (κ2) is 4.57. The number of methoxy groups -OCH3 is 1. The predicted molar refractivity (Wildman–Crippen MR) is 58.1 cm³/mol. The van der Waals surface area contributed by atoms with E-state index < -0.39 is 0 Å². The maximum absolute atomic E-state index is 5.03. The van der Waals surface area contributed by atoms with Gasteiger partial charge >= 0.3 is 6.01 Å². The molecule has 4 heteroatoms. The Hall–Kier alpha value is -1.16. The van der Waals surface area contributed by atoms with Gasteiger partial charge in [0.15, 0.2) is 0 Å². The van der Waals surface area contributed by atoms with Gasteiger partial charge in [-0.1, -0.05) is 0 Å². The normalized spacial score (nSPS) is 19.1. The molecular weight excluding hydrogens is 190 g/mol. The van der Waals surface area contributed by atoms with E-state index in [0.29, 0.717) is 11.9 Å². The maximum atomic E-state index is 5.03. The molecular formula is C11H17N3O. The molecule has 0 bridgehead atoms. The molecule has 0 aromatic carbocycles. The van der Waals surface area contributed by atoms with Crippen LogP contribution in [0.1, 0.15) is 24.5 Å². The van der Waals surface area contributed by atoms with Gasteiger partial charge in [0.25, 0.3) is 0 Å². The van der Waals surface area contributed by atoms with E-state index >= 15 is 0 Å². The van der Waals surface area contributed by atoms with Crippen LogP contribution in [0.5, 0.6) is 6.01 Å². The van der Waals surface area contributed by atoms with Crippen molar-refractivity contribution >= 4 is 0 Å². The van der Waals surface area contributed by atoms with E-state index in [2.05, 4.69) is 21.9 Å². The molecule has 0 spiro atoms. The molecule has 1 fully saturated rings. The van der Waals surface area contributed by atoms with E-state index in [1.54, 1.807) is 13.3 Å². The lowest BCUT2D eigenvalue weighted by atomic mass is 9.94. The van der Waals surface area contributed by atoms with Crippen LogP contribution in [0.2, 0.25) is 0 Å². The van der Waals surface area contributed by atoms with Crippen molar-refractivity contribution in [2.45, 2.75) is 18.8 Å². The molecule has 0 unspecified atom stereocenters. The highest BCUT2D eigenvalue weighted by molar-refractivity contribution is 5.11. The van der Waals surface area contributed by atoms with E-state index in [1.807, 2.05) is 6.07 Å². The van der Waals surface area contributed by atoms with Crippen LogP contribution in [-0.4, -0.2) is 42.1 Å². The molecule has 82 valence electrons. The van der Waals surface area contributed by atoms with E-state index in [4.69, 9.17) is 4.74 Å². The molecule has 0 radical (unpaired) electrons. The molecule has 0 aliphatic carbocycles. The molecule has 2 heterocycles. The van der Waals surface area contributed by atoms with Crippen molar-refractivity contribution in [3.8, 4) is 6.01 Å². The molecule has 0 saturated carbocycles. The van der Waals surface area contributed by atoms with Crippen LogP contribution < -0.4 is 4.74 Å². The lowest BCUT2D eigenvalue weighted by Crippen LogP contribution is -2.29. The molecule has 4 nitrogen and oxygen atoms in total.